The third-order valence-electron chi connectivity index (χ3n) is 3.25. The molecule has 1 aliphatic rings. The molecule has 0 aliphatic carbocycles. The van der Waals surface area contributed by atoms with Crippen LogP contribution < -0.4 is 5.73 Å². The first-order valence-electron chi connectivity index (χ1n) is 6.38. The van der Waals surface area contributed by atoms with Crippen LogP contribution >= 0.6 is 0 Å². The first-order valence-corrected chi connectivity index (χ1v) is 6.38. The fraction of sp³-hybridized carbons (Fsp3) is 0.500. The van der Waals surface area contributed by atoms with Gasteiger partial charge in [0.25, 0.3) is 0 Å². The highest BCUT2D eigenvalue weighted by Gasteiger charge is 2.19. The Hall–Kier alpha value is -1.86. The quantitative estimate of drug-likeness (QED) is 0.856. The zero-order valence-electron chi connectivity index (χ0n) is 10.6. The minimum Gasteiger partial charge on any atom is -0.337 e. The summed E-state index contributed by atoms with van der Waals surface area (Å²) in [6, 6.07) is 0.328. The molecule has 0 atom stereocenters. The van der Waals surface area contributed by atoms with Gasteiger partial charge in [0, 0.05) is 31.5 Å². The fourth-order valence-corrected chi connectivity index (χ4v) is 2.14. The van der Waals surface area contributed by atoms with Crippen LogP contribution in [0.2, 0.25) is 0 Å². The van der Waals surface area contributed by atoms with Gasteiger partial charge in [-0.05, 0) is 12.8 Å². The van der Waals surface area contributed by atoms with Crippen molar-refractivity contribution in [2.75, 3.05) is 13.1 Å². The minimum absolute atomic E-state index is 0.328. The summed E-state index contributed by atoms with van der Waals surface area (Å²) in [6.07, 6.45) is 6.88. The standard InChI is InChI=1S/C12H16N6O/c13-9-1-5-18(6-2-9)8-11-16-12(17-19-11)10-7-14-3-4-15-10/h3-4,7,9H,1-2,5-6,8,13H2. The predicted octanol–water partition coefficient (Wildman–Crippen LogP) is 0.450. The number of hydrogen-bond acceptors (Lipinski definition) is 7. The summed E-state index contributed by atoms with van der Waals surface area (Å²) in [5.41, 5.74) is 6.50. The molecular formula is C12H16N6O. The van der Waals surface area contributed by atoms with Crippen molar-refractivity contribution < 1.29 is 4.52 Å². The average Bonchev–Trinajstić information content (AvgIpc) is 2.91. The van der Waals surface area contributed by atoms with E-state index in [1.54, 1.807) is 18.6 Å². The lowest BCUT2D eigenvalue weighted by Crippen LogP contribution is -2.39. The summed E-state index contributed by atoms with van der Waals surface area (Å²) >= 11 is 0. The Morgan fingerprint density at radius 1 is 1.32 bits per heavy atom. The van der Waals surface area contributed by atoms with Gasteiger partial charge >= 0.3 is 0 Å². The third-order valence-corrected chi connectivity index (χ3v) is 3.25. The molecule has 7 nitrogen and oxygen atoms in total. The van der Waals surface area contributed by atoms with Crippen LogP contribution in [0.15, 0.2) is 23.1 Å². The van der Waals surface area contributed by atoms with Gasteiger partial charge in [-0.3, -0.25) is 9.88 Å². The van der Waals surface area contributed by atoms with Crippen LogP contribution in [0, 0.1) is 0 Å². The molecule has 1 saturated heterocycles. The number of nitrogens with zero attached hydrogens (tertiary/aromatic N) is 5. The van der Waals surface area contributed by atoms with E-state index in [4.69, 9.17) is 10.3 Å². The summed E-state index contributed by atoms with van der Waals surface area (Å²) in [5.74, 6) is 1.09. The van der Waals surface area contributed by atoms with E-state index in [9.17, 15) is 0 Å². The second-order valence-corrected chi connectivity index (χ2v) is 4.72. The predicted molar refractivity (Wildman–Crippen MR) is 67.8 cm³/mol. The Morgan fingerprint density at radius 3 is 2.89 bits per heavy atom. The van der Waals surface area contributed by atoms with E-state index in [0.717, 1.165) is 25.9 Å². The van der Waals surface area contributed by atoms with Crippen molar-refractivity contribution in [3.63, 3.8) is 0 Å². The number of likely N-dealkylation sites (tertiary alicyclic amines) is 1. The van der Waals surface area contributed by atoms with Crippen LogP contribution in [0.4, 0.5) is 0 Å². The highest BCUT2D eigenvalue weighted by molar-refractivity contribution is 5.45. The van der Waals surface area contributed by atoms with Crippen molar-refractivity contribution in [2.24, 2.45) is 5.73 Å². The number of aromatic nitrogens is 4. The molecule has 0 saturated carbocycles. The number of piperidine rings is 1. The molecule has 2 aromatic heterocycles. The second kappa shape index (κ2) is 5.41. The Labute approximate surface area is 110 Å². The minimum atomic E-state index is 0.328. The highest BCUT2D eigenvalue weighted by Crippen LogP contribution is 2.14. The molecule has 0 aromatic carbocycles. The zero-order chi connectivity index (χ0) is 13.1. The summed E-state index contributed by atoms with van der Waals surface area (Å²) in [7, 11) is 0. The van der Waals surface area contributed by atoms with Gasteiger partial charge in [-0.2, -0.15) is 4.98 Å². The Balaban J connectivity index is 1.65. The van der Waals surface area contributed by atoms with Crippen LogP contribution in [0.1, 0.15) is 18.7 Å². The molecule has 1 fully saturated rings. The van der Waals surface area contributed by atoms with Crippen molar-refractivity contribution in [3.05, 3.63) is 24.5 Å². The van der Waals surface area contributed by atoms with Crippen molar-refractivity contribution in [1.29, 1.82) is 0 Å². The highest BCUT2D eigenvalue weighted by atomic mass is 16.5. The van der Waals surface area contributed by atoms with Crippen molar-refractivity contribution in [1.82, 2.24) is 25.0 Å². The fourth-order valence-electron chi connectivity index (χ4n) is 2.14. The maximum atomic E-state index is 5.88. The maximum absolute atomic E-state index is 5.88. The van der Waals surface area contributed by atoms with E-state index in [1.165, 1.54) is 0 Å². The molecule has 3 rings (SSSR count). The first kappa shape index (κ1) is 12.2. The molecule has 0 unspecified atom stereocenters. The Morgan fingerprint density at radius 2 is 2.16 bits per heavy atom. The first-order chi connectivity index (χ1) is 9.31. The number of hydrogen-bond donors (Lipinski definition) is 1. The molecule has 19 heavy (non-hydrogen) atoms. The van der Waals surface area contributed by atoms with E-state index in [0.29, 0.717) is 30.0 Å². The van der Waals surface area contributed by atoms with Crippen LogP contribution in [-0.2, 0) is 6.54 Å². The van der Waals surface area contributed by atoms with E-state index in [2.05, 4.69) is 25.0 Å². The maximum Gasteiger partial charge on any atom is 0.241 e. The molecule has 0 bridgehead atoms. The van der Waals surface area contributed by atoms with Crippen LogP contribution in [0.5, 0.6) is 0 Å². The molecule has 0 amide bonds. The Bertz CT molecular complexity index is 520. The largest absolute Gasteiger partial charge is 0.337 e. The summed E-state index contributed by atoms with van der Waals surface area (Å²) in [5, 5.41) is 3.93. The van der Waals surface area contributed by atoms with Gasteiger partial charge in [0.15, 0.2) is 0 Å². The van der Waals surface area contributed by atoms with Crippen LogP contribution in [0.3, 0.4) is 0 Å². The summed E-state index contributed by atoms with van der Waals surface area (Å²) in [4.78, 5) is 14.7. The number of nitrogens with two attached hydrogens (primary N) is 1. The molecular weight excluding hydrogens is 244 g/mol. The molecule has 100 valence electrons. The molecule has 0 radical (unpaired) electrons. The smallest absolute Gasteiger partial charge is 0.241 e. The van der Waals surface area contributed by atoms with E-state index >= 15 is 0 Å². The average molecular weight is 260 g/mol. The lowest BCUT2D eigenvalue weighted by Gasteiger charge is -2.28. The lowest BCUT2D eigenvalue weighted by molar-refractivity contribution is 0.182. The zero-order valence-corrected chi connectivity index (χ0v) is 10.6. The van der Waals surface area contributed by atoms with E-state index in [1.807, 2.05) is 0 Å². The second-order valence-electron chi connectivity index (χ2n) is 4.72. The monoisotopic (exact) mass is 260 g/mol. The van der Waals surface area contributed by atoms with E-state index in [-0.39, 0.29) is 0 Å². The third kappa shape index (κ3) is 2.94. The van der Waals surface area contributed by atoms with Crippen molar-refractivity contribution >= 4 is 0 Å². The van der Waals surface area contributed by atoms with Crippen LogP contribution in [0.25, 0.3) is 11.5 Å². The molecule has 2 aromatic rings. The molecule has 0 spiro atoms. The van der Waals surface area contributed by atoms with Crippen LogP contribution in [-0.4, -0.2) is 44.1 Å². The Kier molecular flexibility index (Phi) is 3.47. The SMILES string of the molecule is NC1CCN(Cc2nc(-c3cnccn3)no2)CC1. The molecule has 1 aliphatic heterocycles. The molecule has 7 heteroatoms. The van der Waals surface area contributed by atoms with Gasteiger partial charge in [0.05, 0.1) is 12.7 Å². The topological polar surface area (TPSA) is 94.0 Å². The van der Waals surface area contributed by atoms with Gasteiger partial charge < -0.3 is 10.3 Å². The van der Waals surface area contributed by atoms with Gasteiger partial charge in [-0.15, -0.1) is 0 Å². The van der Waals surface area contributed by atoms with Crippen molar-refractivity contribution in [3.8, 4) is 11.5 Å². The molecule has 2 N–H and O–H groups in total. The lowest BCUT2D eigenvalue weighted by atomic mass is 10.1. The van der Waals surface area contributed by atoms with E-state index < -0.39 is 0 Å². The van der Waals surface area contributed by atoms with Gasteiger partial charge in [-0.1, -0.05) is 5.16 Å². The van der Waals surface area contributed by atoms with Gasteiger partial charge in [0.1, 0.15) is 5.69 Å². The van der Waals surface area contributed by atoms with Crippen molar-refractivity contribution in [2.45, 2.75) is 25.4 Å². The summed E-state index contributed by atoms with van der Waals surface area (Å²) < 4.78 is 5.25. The normalized spacial score (nSPS) is 17.7. The van der Waals surface area contributed by atoms with Gasteiger partial charge in [-0.25, -0.2) is 4.98 Å². The number of rotatable bonds is 3. The summed E-state index contributed by atoms with van der Waals surface area (Å²) in [6.45, 7) is 2.62. The molecule has 3 heterocycles. The van der Waals surface area contributed by atoms with Gasteiger partial charge in [0.2, 0.25) is 11.7 Å².